The van der Waals surface area contributed by atoms with Crippen LogP contribution in [0, 0.1) is 5.82 Å². The van der Waals surface area contributed by atoms with E-state index in [9.17, 15) is 9.50 Å². The first kappa shape index (κ1) is 21.6. The Morgan fingerprint density at radius 2 is 1.78 bits per heavy atom. The van der Waals surface area contributed by atoms with Crippen molar-refractivity contribution in [3.63, 3.8) is 0 Å². The Morgan fingerprint density at radius 1 is 1.11 bits per heavy atom. The lowest BCUT2D eigenvalue weighted by Gasteiger charge is -2.39. The smallest absolute Gasteiger partial charge is 0.127 e. The molecule has 2 aromatic rings. The van der Waals surface area contributed by atoms with Crippen LogP contribution in [0.1, 0.15) is 38.3 Å². The summed E-state index contributed by atoms with van der Waals surface area (Å²) >= 11 is 0. The van der Waals surface area contributed by atoms with Crippen molar-refractivity contribution >= 4 is 8.80 Å². The summed E-state index contributed by atoms with van der Waals surface area (Å²) in [6.07, 6.45) is 0.414. The molecule has 2 unspecified atom stereocenters. The van der Waals surface area contributed by atoms with Gasteiger partial charge in [-0.1, -0.05) is 50.3 Å². The molecule has 0 saturated heterocycles. The molecule has 1 radical (unpaired) electrons. The molecule has 0 saturated carbocycles. The SMILES string of the molecule is CCC(O)(c1cc(F)cc(OCc2ccccc2)c1)C(OC(C)C)[Si](C)C. The van der Waals surface area contributed by atoms with Gasteiger partial charge in [-0.15, -0.1) is 0 Å². The van der Waals surface area contributed by atoms with Crippen LogP contribution < -0.4 is 4.74 Å². The minimum atomic E-state index is -1.25. The quantitative estimate of drug-likeness (QED) is 0.607. The van der Waals surface area contributed by atoms with Crippen molar-refractivity contribution in [3.05, 3.63) is 65.5 Å². The van der Waals surface area contributed by atoms with Crippen molar-refractivity contribution in [2.75, 3.05) is 0 Å². The van der Waals surface area contributed by atoms with E-state index in [4.69, 9.17) is 9.47 Å². The lowest BCUT2D eigenvalue weighted by atomic mass is 9.91. The third kappa shape index (κ3) is 5.64. The largest absolute Gasteiger partial charge is 0.489 e. The third-order valence-corrected chi connectivity index (χ3v) is 6.19. The Labute approximate surface area is 163 Å². The summed E-state index contributed by atoms with van der Waals surface area (Å²) in [5.41, 5.74) is -0.0986. The average molecular weight is 390 g/mol. The number of ether oxygens (including phenoxy) is 2. The van der Waals surface area contributed by atoms with Crippen LogP contribution in [0.3, 0.4) is 0 Å². The Hall–Kier alpha value is -1.69. The van der Waals surface area contributed by atoms with E-state index in [2.05, 4.69) is 13.1 Å². The number of benzene rings is 2. The fourth-order valence-corrected chi connectivity index (χ4v) is 5.05. The molecule has 0 aliphatic rings. The summed E-state index contributed by atoms with van der Waals surface area (Å²) in [5, 5.41) is 11.5. The molecule has 0 aliphatic heterocycles. The van der Waals surface area contributed by atoms with Gasteiger partial charge in [-0.05, 0) is 43.5 Å². The highest BCUT2D eigenvalue weighted by atomic mass is 28.3. The Balaban J connectivity index is 2.32. The van der Waals surface area contributed by atoms with E-state index in [1.165, 1.54) is 12.1 Å². The maximum Gasteiger partial charge on any atom is 0.127 e. The summed E-state index contributed by atoms with van der Waals surface area (Å²) in [6, 6.07) is 14.2. The van der Waals surface area contributed by atoms with Crippen molar-refractivity contribution in [1.29, 1.82) is 0 Å². The fourth-order valence-electron chi connectivity index (χ4n) is 3.18. The van der Waals surface area contributed by atoms with Crippen LogP contribution in [0.5, 0.6) is 5.75 Å². The van der Waals surface area contributed by atoms with Gasteiger partial charge < -0.3 is 14.6 Å². The minimum Gasteiger partial charge on any atom is -0.489 e. The van der Waals surface area contributed by atoms with E-state index in [1.54, 1.807) is 6.07 Å². The molecule has 0 aliphatic carbocycles. The van der Waals surface area contributed by atoms with Gasteiger partial charge in [0, 0.05) is 6.07 Å². The molecule has 0 fully saturated rings. The van der Waals surface area contributed by atoms with E-state index < -0.39 is 20.2 Å². The molecule has 147 valence electrons. The standard InChI is InChI=1S/C22H30FO3Si/c1-6-22(24,21(27(4)5)26-16(2)3)18-12-19(23)14-20(13-18)25-15-17-10-8-7-9-11-17/h7-14,16,21,24H,6,15H2,1-5H3. The van der Waals surface area contributed by atoms with Crippen molar-refractivity contribution in [1.82, 2.24) is 0 Å². The molecule has 2 atom stereocenters. The van der Waals surface area contributed by atoms with E-state index in [0.717, 1.165) is 5.56 Å². The number of halogens is 1. The molecule has 27 heavy (non-hydrogen) atoms. The fraction of sp³-hybridized carbons (Fsp3) is 0.455. The van der Waals surface area contributed by atoms with Gasteiger partial charge >= 0.3 is 0 Å². The van der Waals surface area contributed by atoms with Crippen LogP contribution >= 0.6 is 0 Å². The minimum absolute atomic E-state index is 0.0182. The van der Waals surface area contributed by atoms with Crippen molar-refractivity contribution in [2.45, 2.75) is 64.3 Å². The molecular weight excluding hydrogens is 359 g/mol. The Morgan fingerprint density at radius 3 is 2.33 bits per heavy atom. The zero-order chi connectivity index (χ0) is 20.0. The highest BCUT2D eigenvalue weighted by Gasteiger charge is 2.41. The summed E-state index contributed by atoms with van der Waals surface area (Å²) in [4.78, 5) is 0. The van der Waals surface area contributed by atoms with Crippen LogP contribution in [0.4, 0.5) is 4.39 Å². The first-order valence-corrected chi connectivity index (χ1v) is 12.0. The first-order chi connectivity index (χ1) is 12.8. The highest BCUT2D eigenvalue weighted by molar-refractivity contribution is 6.57. The van der Waals surface area contributed by atoms with E-state index in [0.29, 0.717) is 24.3 Å². The van der Waals surface area contributed by atoms with Crippen LogP contribution in [0.2, 0.25) is 13.1 Å². The Kier molecular flexibility index (Phi) is 7.59. The van der Waals surface area contributed by atoms with Gasteiger partial charge in [-0.3, -0.25) is 0 Å². The molecule has 0 bridgehead atoms. The zero-order valence-electron chi connectivity index (χ0n) is 16.8. The summed E-state index contributed by atoms with van der Waals surface area (Å²) in [5.74, 6) is -0.0169. The van der Waals surface area contributed by atoms with Gasteiger partial charge in [0.25, 0.3) is 0 Å². The molecular formula is C22H30FO3Si. The average Bonchev–Trinajstić information content (AvgIpc) is 2.64. The molecule has 2 rings (SSSR count). The van der Waals surface area contributed by atoms with Crippen molar-refractivity contribution in [3.8, 4) is 5.75 Å². The van der Waals surface area contributed by atoms with Gasteiger partial charge in [0.05, 0.1) is 20.6 Å². The number of rotatable bonds is 9. The molecule has 5 heteroatoms. The predicted molar refractivity (Wildman–Crippen MR) is 109 cm³/mol. The molecule has 0 amide bonds. The number of aliphatic hydroxyl groups is 1. The number of hydrogen-bond acceptors (Lipinski definition) is 3. The van der Waals surface area contributed by atoms with E-state index >= 15 is 0 Å². The van der Waals surface area contributed by atoms with Gasteiger partial charge in [-0.2, -0.15) is 0 Å². The van der Waals surface area contributed by atoms with Crippen LogP contribution in [-0.4, -0.2) is 25.7 Å². The number of hydrogen-bond donors (Lipinski definition) is 1. The lowest BCUT2D eigenvalue weighted by Crippen LogP contribution is -2.49. The highest BCUT2D eigenvalue weighted by Crippen LogP contribution is 2.35. The van der Waals surface area contributed by atoms with Crippen molar-refractivity contribution in [2.24, 2.45) is 0 Å². The monoisotopic (exact) mass is 389 g/mol. The van der Waals surface area contributed by atoms with Crippen LogP contribution in [0.15, 0.2) is 48.5 Å². The third-order valence-electron chi connectivity index (χ3n) is 4.52. The van der Waals surface area contributed by atoms with Crippen molar-refractivity contribution < 1.29 is 19.0 Å². The summed E-state index contributed by atoms with van der Waals surface area (Å²) in [7, 11) is -0.999. The van der Waals surface area contributed by atoms with Gasteiger partial charge in [-0.25, -0.2) is 4.39 Å². The second kappa shape index (κ2) is 9.49. The van der Waals surface area contributed by atoms with E-state index in [-0.39, 0.29) is 11.8 Å². The first-order valence-electron chi connectivity index (χ1n) is 9.42. The van der Waals surface area contributed by atoms with Crippen LogP contribution in [0.25, 0.3) is 0 Å². The van der Waals surface area contributed by atoms with Gasteiger partial charge in [0.15, 0.2) is 0 Å². The molecule has 0 heterocycles. The topological polar surface area (TPSA) is 38.7 Å². The van der Waals surface area contributed by atoms with E-state index in [1.807, 2.05) is 51.1 Å². The predicted octanol–water partition coefficient (Wildman–Crippen LogP) is 5.09. The second-order valence-electron chi connectivity index (χ2n) is 7.37. The van der Waals surface area contributed by atoms with Gasteiger partial charge in [0.1, 0.15) is 23.8 Å². The lowest BCUT2D eigenvalue weighted by molar-refractivity contribution is -0.0988. The normalized spacial score (nSPS) is 15.0. The molecule has 3 nitrogen and oxygen atoms in total. The van der Waals surface area contributed by atoms with Gasteiger partial charge in [0.2, 0.25) is 0 Å². The maximum absolute atomic E-state index is 14.3. The molecule has 0 aromatic heterocycles. The molecule has 0 spiro atoms. The molecule has 2 aromatic carbocycles. The Bertz CT molecular complexity index is 721. The second-order valence-corrected chi connectivity index (χ2v) is 10.0. The zero-order valence-corrected chi connectivity index (χ0v) is 17.8. The summed E-state index contributed by atoms with van der Waals surface area (Å²) < 4.78 is 26.2. The summed E-state index contributed by atoms with van der Waals surface area (Å²) in [6.45, 7) is 10.4. The maximum atomic E-state index is 14.3. The molecule has 1 N–H and O–H groups in total. The van der Waals surface area contributed by atoms with Crippen LogP contribution in [-0.2, 0) is 16.9 Å².